The fraction of sp³-hybridized carbons (Fsp3) is 0.640. The third-order valence-corrected chi connectivity index (χ3v) is 5.80. The normalized spacial score (nSPS) is 23.6. The third kappa shape index (κ3) is 7.40. The largest absolute Gasteiger partial charge is 0.490 e. The second kappa shape index (κ2) is 11.3. The van der Waals surface area contributed by atoms with Crippen LogP contribution in [-0.4, -0.2) is 49.6 Å². The highest BCUT2D eigenvalue weighted by Crippen LogP contribution is 2.36. The van der Waals surface area contributed by atoms with Gasteiger partial charge in [0.05, 0.1) is 25.4 Å². The number of amides is 1. The Morgan fingerprint density at radius 3 is 2.70 bits per heavy atom. The Balaban J connectivity index is 1.57. The molecule has 1 amide bonds. The molecule has 6 nitrogen and oxygen atoms in total. The number of ether oxygens (including phenoxy) is 3. The van der Waals surface area contributed by atoms with Crippen LogP contribution < -0.4 is 15.4 Å². The maximum absolute atomic E-state index is 14.2. The van der Waals surface area contributed by atoms with E-state index in [2.05, 4.69) is 10.6 Å². The van der Waals surface area contributed by atoms with Crippen LogP contribution in [0.1, 0.15) is 65.4 Å². The zero-order valence-electron chi connectivity index (χ0n) is 20.0. The minimum Gasteiger partial charge on any atom is -0.490 e. The van der Waals surface area contributed by atoms with E-state index >= 15 is 0 Å². The van der Waals surface area contributed by atoms with Crippen molar-refractivity contribution < 1.29 is 27.8 Å². The first-order valence-electron chi connectivity index (χ1n) is 11.8. The van der Waals surface area contributed by atoms with Gasteiger partial charge in [0, 0.05) is 17.7 Å². The summed E-state index contributed by atoms with van der Waals surface area (Å²) in [5.74, 6) is -1.19. The minimum atomic E-state index is -0.682. The van der Waals surface area contributed by atoms with Gasteiger partial charge in [-0.2, -0.15) is 0 Å². The molecule has 0 spiro atoms. The van der Waals surface area contributed by atoms with Gasteiger partial charge in [0.25, 0.3) is 0 Å². The Bertz CT molecular complexity index is 854. The molecule has 1 aliphatic heterocycles. The van der Waals surface area contributed by atoms with E-state index in [0.29, 0.717) is 31.6 Å². The van der Waals surface area contributed by atoms with Crippen LogP contribution in [0.4, 0.5) is 13.6 Å². The van der Waals surface area contributed by atoms with Crippen molar-refractivity contribution in [3.63, 3.8) is 0 Å². The van der Waals surface area contributed by atoms with E-state index < -0.39 is 23.3 Å². The van der Waals surface area contributed by atoms with E-state index in [9.17, 15) is 13.6 Å². The molecule has 3 atom stereocenters. The number of halogens is 2. The lowest BCUT2D eigenvalue weighted by Crippen LogP contribution is -2.56. The highest BCUT2D eigenvalue weighted by molar-refractivity contribution is 5.71. The summed E-state index contributed by atoms with van der Waals surface area (Å²) >= 11 is 0. The Morgan fingerprint density at radius 1 is 1.24 bits per heavy atom. The van der Waals surface area contributed by atoms with Gasteiger partial charge in [-0.15, -0.1) is 0 Å². The zero-order valence-corrected chi connectivity index (χ0v) is 20.0. The maximum atomic E-state index is 14.2. The molecule has 1 aliphatic carbocycles. The van der Waals surface area contributed by atoms with Crippen LogP contribution in [-0.2, 0) is 9.47 Å². The summed E-state index contributed by atoms with van der Waals surface area (Å²) in [4.78, 5) is 12.2. The highest BCUT2D eigenvalue weighted by atomic mass is 19.1. The van der Waals surface area contributed by atoms with Crippen molar-refractivity contribution >= 4 is 11.7 Å². The highest BCUT2D eigenvalue weighted by Gasteiger charge is 2.29. The third-order valence-electron chi connectivity index (χ3n) is 5.80. The van der Waals surface area contributed by atoms with Crippen LogP contribution in [0, 0.1) is 11.6 Å². The molecule has 0 bridgehead atoms. The Hall–Kier alpha value is -2.19. The van der Waals surface area contributed by atoms with Crippen molar-refractivity contribution in [3.8, 4) is 5.75 Å². The molecule has 0 saturated carbocycles. The number of allylic oxidation sites excluding steroid dienone is 1. The minimum absolute atomic E-state index is 0.00137. The fourth-order valence-electron chi connectivity index (χ4n) is 4.30. The molecule has 2 N–H and O–H groups in total. The van der Waals surface area contributed by atoms with Gasteiger partial charge >= 0.3 is 6.09 Å². The number of benzene rings is 1. The summed E-state index contributed by atoms with van der Waals surface area (Å²) in [5, 5.41) is 6.41. The number of alkyl carbamates (subject to hydrolysis) is 1. The van der Waals surface area contributed by atoms with Gasteiger partial charge in [-0.25, -0.2) is 13.6 Å². The fourth-order valence-corrected chi connectivity index (χ4v) is 4.30. The molecule has 33 heavy (non-hydrogen) atoms. The van der Waals surface area contributed by atoms with Crippen LogP contribution in [0.3, 0.4) is 0 Å². The van der Waals surface area contributed by atoms with Gasteiger partial charge in [-0.3, -0.25) is 0 Å². The van der Waals surface area contributed by atoms with Crippen LogP contribution in [0.15, 0.2) is 18.2 Å². The van der Waals surface area contributed by atoms with E-state index in [-0.39, 0.29) is 23.9 Å². The quantitative estimate of drug-likeness (QED) is 0.594. The van der Waals surface area contributed by atoms with E-state index in [0.717, 1.165) is 37.4 Å². The molecule has 0 aromatic heterocycles. The van der Waals surface area contributed by atoms with Gasteiger partial charge < -0.3 is 24.8 Å². The van der Waals surface area contributed by atoms with Gasteiger partial charge in [-0.1, -0.05) is 6.08 Å². The molecule has 1 fully saturated rings. The van der Waals surface area contributed by atoms with Crippen molar-refractivity contribution in [1.82, 2.24) is 10.6 Å². The molecule has 3 rings (SSSR count). The Labute approximate surface area is 195 Å². The summed E-state index contributed by atoms with van der Waals surface area (Å²) in [6.07, 6.45) is 5.44. The lowest BCUT2D eigenvalue weighted by Gasteiger charge is -2.35. The molecular weight excluding hydrogens is 430 g/mol. The monoisotopic (exact) mass is 466 g/mol. The molecule has 1 heterocycles. The number of piperidine rings is 1. The second-order valence-electron chi connectivity index (χ2n) is 9.61. The van der Waals surface area contributed by atoms with Crippen molar-refractivity contribution in [2.75, 3.05) is 19.8 Å². The van der Waals surface area contributed by atoms with E-state index in [1.165, 1.54) is 6.07 Å². The second-order valence-corrected chi connectivity index (χ2v) is 9.61. The lowest BCUT2D eigenvalue weighted by molar-refractivity contribution is 0.0182. The first kappa shape index (κ1) is 25.4. The lowest BCUT2D eigenvalue weighted by atomic mass is 9.91. The summed E-state index contributed by atoms with van der Waals surface area (Å²) in [6, 6.07) is 2.12. The predicted molar refractivity (Wildman–Crippen MR) is 123 cm³/mol. The average molecular weight is 467 g/mol. The molecule has 0 radical (unpaired) electrons. The Morgan fingerprint density at radius 2 is 2.03 bits per heavy atom. The van der Waals surface area contributed by atoms with Crippen molar-refractivity contribution in [2.45, 2.75) is 83.6 Å². The maximum Gasteiger partial charge on any atom is 0.407 e. The first-order valence-corrected chi connectivity index (χ1v) is 11.8. The van der Waals surface area contributed by atoms with Crippen LogP contribution in [0.25, 0.3) is 5.57 Å². The van der Waals surface area contributed by atoms with Gasteiger partial charge in [0.2, 0.25) is 0 Å². The van der Waals surface area contributed by atoms with Crippen molar-refractivity contribution in [2.24, 2.45) is 0 Å². The van der Waals surface area contributed by atoms with Crippen molar-refractivity contribution in [3.05, 3.63) is 35.4 Å². The number of nitrogens with one attached hydrogen (secondary N) is 2. The molecule has 2 aliphatic rings. The average Bonchev–Trinajstić information content (AvgIpc) is 2.74. The van der Waals surface area contributed by atoms with Crippen LogP contribution in [0.5, 0.6) is 5.75 Å². The number of carbonyl (C=O) groups is 1. The Kier molecular flexibility index (Phi) is 8.70. The molecule has 1 saturated heterocycles. The summed E-state index contributed by atoms with van der Waals surface area (Å²) in [7, 11) is 0. The first-order chi connectivity index (χ1) is 15.7. The van der Waals surface area contributed by atoms with E-state index in [1.54, 1.807) is 6.92 Å². The number of hydrogen-bond donors (Lipinski definition) is 2. The SMILES string of the molecule is CCOc1c(F)cc(F)cc1C1=CCC(OCC2NCCCC2NC(=O)OC(C)(C)C)CC1. The van der Waals surface area contributed by atoms with Gasteiger partial charge in [-0.05, 0) is 78.0 Å². The number of carbonyl (C=O) groups excluding carboxylic acids is 1. The smallest absolute Gasteiger partial charge is 0.407 e. The van der Waals surface area contributed by atoms with E-state index in [1.807, 2.05) is 26.8 Å². The van der Waals surface area contributed by atoms with Gasteiger partial charge in [0.15, 0.2) is 11.6 Å². The summed E-state index contributed by atoms with van der Waals surface area (Å²) < 4.78 is 45.0. The zero-order chi connectivity index (χ0) is 24.0. The molecule has 8 heteroatoms. The molecule has 1 aromatic rings. The van der Waals surface area contributed by atoms with Crippen LogP contribution in [0.2, 0.25) is 0 Å². The number of hydrogen-bond acceptors (Lipinski definition) is 5. The molecule has 3 unspecified atom stereocenters. The van der Waals surface area contributed by atoms with Crippen molar-refractivity contribution in [1.29, 1.82) is 0 Å². The molecular formula is C25H36F2N2O4. The topological polar surface area (TPSA) is 68.8 Å². The molecule has 184 valence electrons. The standard InChI is InChI=1S/C25H36F2N2O4/c1-5-31-23-19(13-17(26)14-20(23)27)16-8-10-18(11-9-16)32-15-22-21(7-6-12-28-22)29-24(30)33-25(2,3)4/h8,13-14,18,21-22,28H,5-7,9-12,15H2,1-4H3,(H,29,30). The molecule has 1 aromatic carbocycles. The summed E-state index contributed by atoms with van der Waals surface area (Å²) in [6.45, 7) is 8.94. The number of rotatable bonds is 7. The van der Waals surface area contributed by atoms with E-state index in [4.69, 9.17) is 14.2 Å². The van der Waals surface area contributed by atoms with Gasteiger partial charge in [0.1, 0.15) is 11.4 Å². The predicted octanol–water partition coefficient (Wildman–Crippen LogP) is 4.96. The summed E-state index contributed by atoms with van der Waals surface area (Å²) in [5.41, 5.74) is 0.803. The van der Waals surface area contributed by atoms with Crippen LogP contribution >= 0.6 is 0 Å².